The second-order valence-electron chi connectivity index (χ2n) is 4.20. The van der Waals surface area contributed by atoms with Crippen molar-refractivity contribution >= 4 is 5.69 Å². The number of rotatable bonds is 5. The standard InChI is InChI=1S/C15H15F2NO2/c1-19-12-5-10(6-13(8-12)20-2)9-18-15-7-11(16)3-4-14(15)17/h3-8,18H,9H2,1-2H3. The van der Waals surface area contributed by atoms with Crippen molar-refractivity contribution in [3.63, 3.8) is 0 Å². The third kappa shape index (κ3) is 3.38. The summed E-state index contributed by atoms with van der Waals surface area (Å²) in [4.78, 5) is 0. The van der Waals surface area contributed by atoms with Gasteiger partial charge in [0.2, 0.25) is 0 Å². The van der Waals surface area contributed by atoms with Crippen molar-refractivity contribution in [1.29, 1.82) is 0 Å². The number of anilines is 1. The predicted octanol–water partition coefficient (Wildman–Crippen LogP) is 3.59. The molecular formula is C15H15F2NO2. The van der Waals surface area contributed by atoms with Gasteiger partial charge in [0.25, 0.3) is 0 Å². The number of ether oxygens (including phenoxy) is 2. The SMILES string of the molecule is COc1cc(CNc2cc(F)ccc2F)cc(OC)c1. The number of benzene rings is 2. The van der Waals surface area contributed by atoms with Gasteiger partial charge in [0, 0.05) is 12.6 Å². The lowest BCUT2D eigenvalue weighted by Gasteiger charge is -2.11. The Morgan fingerprint density at radius 3 is 2.20 bits per heavy atom. The van der Waals surface area contributed by atoms with Crippen LogP contribution in [0.25, 0.3) is 0 Å². The van der Waals surface area contributed by atoms with Crippen molar-refractivity contribution < 1.29 is 18.3 Å². The summed E-state index contributed by atoms with van der Waals surface area (Å²) in [7, 11) is 3.11. The van der Waals surface area contributed by atoms with Crippen LogP contribution in [0.1, 0.15) is 5.56 Å². The summed E-state index contributed by atoms with van der Waals surface area (Å²) in [5.41, 5.74) is 0.955. The molecule has 0 bridgehead atoms. The van der Waals surface area contributed by atoms with Gasteiger partial charge >= 0.3 is 0 Å². The first-order valence-electron chi connectivity index (χ1n) is 6.03. The van der Waals surface area contributed by atoms with Crippen LogP contribution in [0.15, 0.2) is 36.4 Å². The van der Waals surface area contributed by atoms with E-state index < -0.39 is 11.6 Å². The molecule has 0 saturated carbocycles. The van der Waals surface area contributed by atoms with Crippen LogP contribution in [-0.4, -0.2) is 14.2 Å². The van der Waals surface area contributed by atoms with Gasteiger partial charge in [-0.3, -0.25) is 0 Å². The normalized spacial score (nSPS) is 10.2. The molecule has 106 valence electrons. The average Bonchev–Trinajstić information content (AvgIpc) is 2.47. The van der Waals surface area contributed by atoms with E-state index in [0.717, 1.165) is 23.8 Å². The zero-order valence-corrected chi connectivity index (χ0v) is 11.2. The quantitative estimate of drug-likeness (QED) is 0.907. The molecule has 0 unspecified atom stereocenters. The highest BCUT2D eigenvalue weighted by molar-refractivity contribution is 5.46. The summed E-state index contributed by atoms with van der Waals surface area (Å²) in [6.45, 7) is 0.327. The fourth-order valence-corrected chi connectivity index (χ4v) is 1.80. The molecule has 0 fully saturated rings. The Bertz CT molecular complexity index is 580. The van der Waals surface area contributed by atoms with Gasteiger partial charge in [-0.15, -0.1) is 0 Å². The number of hydrogen-bond acceptors (Lipinski definition) is 3. The topological polar surface area (TPSA) is 30.5 Å². The molecule has 0 spiro atoms. The van der Waals surface area contributed by atoms with E-state index in [1.54, 1.807) is 32.4 Å². The highest BCUT2D eigenvalue weighted by Crippen LogP contribution is 2.23. The molecule has 0 heterocycles. The summed E-state index contributed by atoms with van der Waals surface area (Å²) < 4.78 is 36.8. The minimum absolute atomic E-state index is 0.117. The summed E-state index contributed by atoms with van der Waals surface area (Å²) in [6, 6.07) is 8.62. The maximum Gasteiger partial charge on any atom is 0.146 e. The summed E-state index contributed by atoms with van der Waals surface area (Å²) in [5.74, 6) is 0.292. The average molecular weight is 279 g/mol. The Labute approximate surface area is 116 Å². The van der Waals surface area contributed by atoms with E-state index in [4.69, 9.17) is 9.47 Å². The number of nitrogens with one attached hydrogen (secondary N) is 1. The Balaban J connectivity index is 2.16. The zero-order valence-electron chi connectivity index (χ0n) is 11.2. The van der Waals surface area contributed by atoms with Gasteiger partial charge in [0.15, 0.2) is 0 Å². The zero-order chi connectivity index (χ0) is 14.5. The van der Waals surface area contributed by atoms with Crippen LogP contribution < -0.4 is 14.8 Å². The Morgan fingerprint density at radius 1 is 0.950 bits per heavy atom. The maximum atomic E-state index is 13.5. The highest BCUT2D eigenvalue weighted by atomic mass is 19.1. The number of hydrogen-bond donors (Lipinski definition) is 1. The largest absolute Gasteiger partial charge is 0.497 e. The van der Waals surface area contributed by atoms with Crippen LogP contribution in [0.5, 0.6) is 11.5 Å². The number of methoxy groups -OCH3 is 2. The van der Waals surface area contributed by atoms with Gasteiger partial charge in [-0.2, -0.15) is 0 Å². The Kier molecular flexibility index (Phi) is 4.40. The minimum Gasteiger partial charge on any atom is -0.497 e. The fourth-order valence-electron chi connectivity index (χ4n) is 1.80. The molecule has 0 aliphatic heterocycles. The van der Waals surface area contributed by atoms with Gasteiger partial charge in [-0.1, -0.05) is 0 Å². The lowest BCUT2D eigenvalue weighted by atomic mass is 10.2. The molecule has 3 nitrogen and oxygen atoms in total. The van der Waals surface area contributed by atoms with E-state index in [9.17, 15) is 8.78 Å². The molecule has 0 atom stereocenters. The molecule has 20 heavy (non-hydrogen) atoms. The molecule has 2 aromatic carbocycles. The van der Waals surface area contributed by atoms with Gasteiger partial charge in [0.1, 0.15) is 23.1 Å². The molecular weight excluding hydrogens is 264 g/mol. The molecule has 0 saturated heterocycles. The van der Waals surface area contributed by atoms with Crippen molar-refractivity contribution in [2.75, 3.05) is 19.5 Å². The second-order valence-corrected chi connectivity index (χ2v) is 4.20. The van der Waals surface area contributed by atoms with Crippen molar-refractivity contribution in [2.24, 2.45) is 0 Å². The summed E-state index contributed by atoms with van der Waals surface area (Å²) in [6.07, 6.45) is 0. The molecule has 0 aromatic heterocycles. The predicted molar refractivity (Wildman–Crippen MR) is 73.2 cm³/mol. The van der Waals surface area contributed by atoms with Gasteiger partial charge in [-0.05, 0) is 35.9 Å². The maximum absolute atomic E-state index is 13.5. The van der Waals surface area contributed by atoms with Gasteiger partial charge in [-0.25, -0.2) is 8.78 Å². The summed E-state index contributed by atoms with van der Waals surface area (Å²) in [5, 5.41) is 2.85. The van der Waals surface area contributed by atoms with E-state index in [0.29, 0.717) is 18.0 Å². The van der Waals surface area contributed by atoms with Crippen molar-refractivity contribution in [2.45, 2.75) is 6.54 Å². The molecule has 5 heteroatoms. The molecule has 0 aliphatic rings. The summed E-state index contributed by atoms with van der Waals surface area (Å²) >= 11 is 0. The first-order valence-corrected chi connectivity index (χ1v) is 6.03. The molecule has 0 aliphatic carbocycles. The van der Waals surface area contributed by atoms with Crippen molar-refractivity contribution in [1.82, 2.24) is 0 Å². The van der Waals surface area contributed by atoms with E-state index in [1.165, 1.54) is 0 Å². The fraction of sp³-hybridized carbons (Fsp3) is 0.200. The number of halogens is 2. The highest BCUT2D eigenvalue weighted by Gasteiger charge is 2.05. The second kappa shape index (κ2) is 6.23. The first-order chi connectivity index (χ1) is 9.62. The van der Waals surface area contributed by atoms with E-state index in [1.807, 2.05) is 0 Å². The lowest BCUT2D eigenvalue weighted by molar-refractivity contribution is 0.393. The van der Waals surface area contributed by atoms with Crippen LogP contribution >= 0.6 is 0 Å². The van der Waals surface area contributed by atoms with E-state index in [2.05, 4.69) is 5.32 Å². The van der Waals surface area contributed by atoms with Gasteiger partial charge < -0.3 is 14.8 Å². The van der Waals surface area contributed by atoms with E-state index in [-0.39, 0.29) is 5.69 Å². The van der Waals surface area contributed by atoms with E-state index >= 15 is 0 Å². The molecule has 2 aromatic rings. The smallest absolute Gasteiger partial charge is 0.146 e. The Hall–Kier alpha value is -2.30. The monoisotopic (exact) mass is 279 g/mol. The van der Waals surface area contributed by atoms with Gasteiger partial charge in [0.05, 0.1) is 19.9 Å². The molecule has 1 N–H and O–H groups in total. The van der Waals surface area contributed by atoms with Crippen LogP contribution in [0.2, 0.25) is 0 Å². The first kappa shape index (κ1) is 14.1. The van der Waals surface area contributed by atoms with Crippen LogP contribution in [0, 0.1) is 11.6 Å². The Morgan fingerprint density at radius 2 is 1.60 bits per heavy atom. The lowest BCUT2D eigenvalue weighted by Crippen LogP contribution is -2.02. The van der Waals surface area contributed by atoms with Crippen LogP contribution in [-0.2, 0) is 6.54 Å². The third-order valence-electron chi connectivity index (χ3n) is 2.82. The van der Waals surface area contributed by atoms with Crippen molar-refractivity contribution in [3.8, 4) is 11.5 Å². The molecule has 0 amide bonds. The third-order valence-corrected chi connectivity index (χ3v) is 2.82. The van der Waals surface area contributed by atoms with Crippen LogP contribution in [0.3, 0.4) is 0 Å². The minimum atomic E-state index is -0.499. The van der Waals surface area contributed by atoms with Crippen molar-refractivity contribution in [3.05, 3.63) is 53.6 Å². The molecule has 2 rings (SSSR count). The molecule has 0 radical (unpaired) electrons. The van der Waals surface area contributed by atoms with Crippen LogP contribution in [0.4, 0.5) is 14.5 Å².